The molecule has 9 heteroatoms. The lowest BCUT2D eigenvalue weighted by molar-refractivity contribution is -0.385. The molecule has 0 aromatic carbocycles. The quantitative estimate of drug-likeness (QED) is 0.367. The molecule has 98 valence electrons. The van der Waals surface area contributed by atoms with Gasteiger partial charge >= 0.3 is 11.7 Å². The van der Waals surface area contributed by atoms with Crippen LogP contribution in [0, 0.1) is 10.1 Å². The largest absolute Gasteiger partial charge is 0.464 e. The lowest BCUT2D eigenvalue weighted by Gasteiger charge is -1.98. The zero-order valence-corrected chi connectivity index (χ0v) is 10.4. The van der Waals surface area contributed by atoms with Crippen molar-refractivity contribution in [1.29, 1.82) is 0 Å². The topological polar surface area (TPSA) is 100 Å². The fourth-order valence-corrected chi connectivity index (χ4v) is 1.49. The summed E-state index contributed by atoms with van der Waals surface area (Å²) in [7, 11) is 1.12. The third-order valence-electron chi connectivity index (χ3n) is 2.25. The number of hydrogen-bond acceptors (Lipinski definition) is 6. The fraction of sp³-hybridized carbons (Fsp3) is 0.100. The molecule has 8 nitrogen and oxygen atoms in total. The van der Waals surface area contributed by atoms with E-state index in [1.807, 2.05) is 0 Å². The van der Waals surface area contributed by atoms with Crippen LogP contribution in [0.3, 0.4) is 0 Å². The molecule has 0 bridgehead atoms. The van der Waals surface area contributed by atoms with Gasteiger partial charge in [-0.1, -0.05) is 11.6 Å². The standard InChI is InChI=1S/C10H7ClN4O4/c1-19-10(16)9-7(15(17)18)5-14(13-9)6-2-3-8(11)12-4-6/h2-5H,1H3. The Morgan fingerprint density at radius 2 is 2.26 bits per heavy atom. The smallest absolute Gasteiger partial charge is 0.365 e. The van der Waals surface area contributed by atoms with E-state index < -0.39 is 16.6 Å². The van der Waals surface area contributed by atoms with Crippen molar-refractivity contribution in [2.75, 3.05) is 7.11 Å². The highest BCUT2D eigenvalue weighted by molar-refractivity contribution is 6.29. The lowest BCUT2D eigenvalue weighted by atomic mass is 10.4. The Labute approximate surface area is 111 Å². The molecule has 0 amide bonds. The lowest BCUT2D eigenvalue weighted by Crippen LogP contribution is -2.06. The zero-order valence-electron chi connectivity index (χ0n) is 9.61. The first-order chi connectivity index (χ1) is 9.02. The molecule has 2 rings (SSSR count). The Bertz CT molecular complexity index is 637. The Morgan fingerprint density at radius 3 is 2.79 bits per heavy atom. The average Bonchev–Trinajstić information content (AvgIpc) is 2.84. The van der Waals surface area contributed by atoms with Gasteiger partial charge in [0.25, 0.3) is 0 Å². The van der Waals surface area contributed by atoms with Crippen LogP contribution in [0.2, 0.25) is 5.15 Å². The van der Waals surface area contributed by atoms with Gasteiger partial charge in [0.05, 0.1) is 23.9 Å². The molecule has 0 aliphatic carbocycles. The molecule has 0 saturated heterocycles. The van der Waals surface area contributed by atoms with Crippen molar-refractivity contribution in [3.63, 3.8) is 0 Å². The SMILES string of the molecule is COC(=O)c1nn(-c2ccc(Cl)nc2)cc1[N+](=O)[O-]. The second-order valence-electron chi connectivity index (χ2n) is 3.40. The molecule has 2 aromatic heterocycles. The first-order valence-electron chi connectivity index (χ1n) is 4.97. The summed E-state index contributed by atoms with van der Waals surface area (Å²) in [5.41, 5.74) is -0.382. The summed E-state index contributed by atoms with van der Waals surface area (Å²) in [6.07, 6.45) is 2.48. The number of hydrogen-bond donors (Lipinski definition) is 0. The molecule has 0 spiro atoms. The third-order valence-corrected chi connectivity index (χ3v) is 2.47. The zero-order chi connectivity index (χ0) is 14.0. The molecule has 0 aliphatic rings. The van der Waals surface area contributed by atoms with Crippen molar-refractivity contribution in [1.82, 2.24) is 14.8 Å². The summed E-state index contributed by atoms with van der Waals surface area (Å²) < 4.78 is 5.60. The van der Waals surface area contributed by atoms with E-state index >= 15 is 0 Å². The van der Waals surface area contributed by atoms with Crippen LogP contribution in [0.4, 0.5) is 5.69 Å². The Morgan fingerprint density at radius 1 is 1.53 bits per heavy atom. The molecule has 2 heterocycles. The van der Waals surface area contributed by atoms with Gasteiger partial charge in [-0.05, 0) is 12.1 Å². The Kier molecular flexibility index (Phi) is 3.43. The molecular weight excluding hydrogens is 276 g/mol. The van der Waals surface area contributed by atoms with Crippen LogP contribution in [-0.4, -0.2) is 32.8 Å². The predicted molar refractivity (Wildman–Crippen MR) is 64.4 cm³/mol. The van der Waals surface area contributed by atoms with Crippen LogP contribution < -0.4 is 0 Å². The summed E-state index contributed by atoms with van der Waals surface area (Å²) in [6.45, 7) is 0. The normalized spacial score (nSPS) is 10.2. The number of pyridine rings is 1. The predicted octanol–water partition coefficient (Wildman–Crippen LogP) is 1.62. The maximum absolute atomic E-state index is 11.4. The second-order valence-corrected chi connectivity index (χ2v) is 3.78. The fourth-order valence-electron chi connectivity index (χ4n) is 1.38. The minimum absolute atomic E-state index is 0.276. The minimum atomic E-state index is -0.882. The number of methoxy groups -OCH3 is 1. The Hall–Kier alpha value is -2.48. The molecule has 19 heavy (non-hydrogen) atoms. The number of esters is 1. The summed E-state index contributed by atoms with van der Waals surface area (Å²) in [5, 5.41) is 14.9. The summed E-state index contributed by atoms with van der Waals surface area (Å²) >= 11 is 5.64. The minimum Gasteiger partial charge on any atom is -0.464 e. The number of carbonyl (C=O) groups excluding carboxylic acids is 1. The van der Waals surface area contributed by atoms with E-state index in [0.29, 0.717) is 5.69 Å². The molecule has 0 radical (unpaired) electrons. The molecule has 0 saturated carbocycles. The van der Waals surface area contributed by atoms with Crippen LogP contribution in [0.1, 0.15) is 10.5 Å². The van der Waals surface area contributed by atoms with Gasteiger partial charge in [-0.3, -0.25) is 10.1 Å². The van der Waals surface area contributed by atoms with Crippen LogP contribution in [0.5, 0.6) is 0 Å². The van der Waals surface area contributed by atoms with Gasteiger partial charge < -0.3 is 4.74 Å². The van der Waals surface area contributed by atoms with E-state index in [4.69, 9.17) is 11.6 Å². The average molecular weight is 283 g/mol. The monoisotopic (exact) mass is 282 g/mol. The number of nitrogens with zero attached hydrogens (tertiary/aromatic N) is 4. The third kappa shape index (κ3) is 2.52. The highest BCUT2D eigenvalue weighted by Crippen LogP contribution is 2.20. The highest BCUT2D eigenvalue weighted by atomic mass is 35.5. The van der Waals surface area contributed by atoms with E-state index in [-0.39, 0.29) is 10.8 Å². The first kappa shape index (κ1) is 13.0. The van der Waals surface area contributed by atoms with E-state index in [0.717, 1.165) is 18.0 Å². The van der Waals surface area contributed by atoms with E-state index in [1.165, 1.54) is 12.3 Å². The van der Waals surface area contributed by atoms with Crippen LogP contribution >= 0.6 is 11.6 Å². The summed E-state index contributed by atoms with van der Waals surface area (Å²) in [5.74, 6) is -0.882. The van der Waals surface area contributed by atoms with E-state index in [1.54, 1.807) is 6.07 Å². The molecule has 0 atom stereocenters. The van der Waals surface area contributed by atoms with Crippen LogP contribution in [-0.2, 0) is 4.74 Å². The number of aromatic nitrogens is 3. The van der Waals surface area contributed by atoms with Crippen molar-refractivity contribution in [3.8, 4) is 5.69 Å². The maximum Gasteiger partial charge on any atom is 0.365 e. The van der Waals surface area contributed by atoms with Gasteiger partial charge in [0.2, 0.25) is 5.69 Å². The van der Waals surface area contributed by atoms with Crippen molar-refractivity contribution in [3.05, 3.63) is 45.5 Å². The molecular formula is C10H7ClN4O4. The number of nitro groups is 1. The number of rotatable bonds is 3. The summed E-state index contributed by atoms with van der Waals surface area (Å²) in [4.78, 5) is 25.4. The second kappa shape index (κ2) is 5.02. The first-order valence-corrected chi connectivity index (χ1v) is 5.35. The summed E-state index contributed by atoms with van der Waals surface area (Å²) in [6, 6.07) is 3.06. The van der Waals surface area contributed by atoms with Gasteiger partial charge in [-0.2, -0.15) is 5.10 Å². The number of halogens is 1. The van der Waals surface area contributed by atoms with Crippen LogP contribution in [0.15, 0.2) is 24.5 Å². The van der Waals surface area contributed by atoms with Gasteiger partial charge in [0.15, 0.2) is 0 Å². The number of carbonyl (C=O) groups is 1. The number of ether oxygens (including phenoxy) is 1. The van der Waals surface area contributed by atoms with Gasteiger partial charge in [-0.25, -0.2) is 14.5 Å². The molecule has 0 fully saturated rings. The Balaban J connectivity index is 2.51. The molecule has 0 unspecified atom stereocenters. The molecule has 0 aliphatic heterocycles. The van der Waals surface area contributed by atoms with Gasteiger partial charge in [-0.15, -0.1) is 0 Å². The van der Waals surface area contributed by atoms with Crippen LogP contribution in [0.25, 0.3) is 5.69 Å². The van der Waals surface area contributed by atoms with E-state index in [2.05, 4.69) is 14.8 Å². The van der Waals surface area contributed by atoms with Crippen molar-refractivity contribution in [2.24, 2.45) is 0 Å². The van der Waals surface area contributed by atoms with Crippen molar-refractivity contribution in [2.45, 2.75) is 0 Å². The van der Waals surface area contributed by atoms with Gasteiger partial charge in [0.1, 0.15) is 11.3 Å². The maximum atomic E-state index is 11.4. The van der Waals surface area contributed by atoms with Gasteiger partial charge in [0, 0.05) is 0 Å². The highest BCUT2D eigenvalue weighted by Gasteiger charge is 2.26. The van der Waals surface area contributed by atoms with Crippen molar-refractivity contribution < 1.29 is 14.5 Å². The van der Waals surface area contributed by atoms with Crippen molar-refractivity contribution >= 4 is 23.3 Å². The molecule has 0 N–H and O–H groups in total. The molecule has 2 aromatic rings. The van der Waals surface area contributed by atoms with E-state index in [9.17, 15) is 14.9 Å².